The molecule has 3 unspecified atom stereocenters. The molecule has 0 saturated carbocycles. The van der Waals surface area contributed by atoms with Gasteiger partial charge in [0.1, 0.15) is 13.2 Å². The smallest absolute Gasteiger partial charge is 0.387 e. The summed E-state index contributed by atoms with van der Waals surface area (Å²) in [6.07, 6.45) is 108. The van der Waals surface area contributed by atoms with Gasteiger partial charge in [-0.15, -0.1) is 0 Å². The third-order valence-electron chi connectivity index (χ3n) is 15.7. The molecule has 0 aromatic carbocycles. The van der Waals surface area contributed by atoms with E-state index in [1.165, 1.54) is 154 Å². The number of quaternary nitrogens is 1. The Morgan fingerprint density at radius 2 is 0.678 bits per heavy atom. The highest BCUT2D eigenvalue weighted by atomic mass is 31.2. The first kappa shape index (κ1) is 86.1. The highest BCUT2D eigenvalue weighted by Crippen LogP contribution is 2.43. The fourth-order valence-corrected chi connectivity index (χ4v) is 10.8. The van der Waals surface area contributed by atoms with E-state index in [-0.39, 0.29) is 19.1 Å². The van der Waals surface area contributed by atoms with E-state index in [2.05, 4.69) is 165 Å². The fourth-order valence-electron chi connectivity index (χ4n) is 10.1. The summed E-state index contributed by atoms with van der Waals surface area (Å²) in [5, 5.41) is 14.0. The first-order valence-corrected chi connectivity index (χ1v) is 38.4. The lowest BCUT2D eigenvalue weighted by molar-refractivity contribution is -0.870. The van der Waals surface area contributed by atoms with Gasteiger partial charge in [0.2, 0.25) is 5.91 Å². The van der Waals surface area contributed by atoms with Crippen LogP contribution in [0.1, 0.15) is 296 Å². The molecule has 3 N–H and O–H groups in total. The molecule has 514 valence electrons. The lowest BCUT2D eigenvalue weighted by atomic mass is 10.0. The molecule has 9 heteroatoms. The molecule has 0 aromatic rings. The summed E-state index contributed by atoms with van der Waals surface area (Å²) >= 11 is 0. The molecule has 0 rings (SSSR count). The van der Waals surface area contributed by atoms with Gasteiger partial charge in [0, 0.05) is 6.42 Å². The Balaban J connectivity index is 4.18. The number of likely N-dealkylation sites (N-methyl/N-ethyl adjacent to an activating group) is 1. The molecule has 0 saturated heterocycles. The molecule has 0 radical (unpaired) electrons. The Bertz CT molecular complexity index is 2030. The van der Waals surface area contributed by atoms with Crippen LogP contribution in [0.25, 0.3) is 0 Å². The summed E-state index contributed by atoms with van der Waals surface area (Å²) in [5.41, 5.74) is 0. The molecule has 0 aromatic heterocycles. The minimum absolute atomic E-state index is 0.0463. The molecule has 0 bridgehead atoms. The van der Waals surface area contributed by atoms with Crippen LogP contribution in [0.4, 0.5) is 0 Å². The van der Waals surface area contributed by atoms with Crippen LogP contribution in [0.5, 0.6) is 0 Å². The van der Waals surface area contributed by atoms with E-state index in [0.717, 1.165) is 122 Å². The average Bonchev–Trinajstić information content (AvgIpc) is 3.09. The molecule has 8 nitrogen and oxygen atoms in total. The van der Waals surface area contributed by atoms with Gasteiger partial charge in [-0.2, -0.15) is 0 Å². The molecule has 1 amide bonds. The molecular weight excluding hydrogens is 1130 g/mol. The standard InChI is InChI=1S/C81H139N2O6P/c1-6-8-10-12-14-16-18-20-22-24-26-28-30-32-34-35-36-37-38-39-40-41-42-43-44-45-46-47-49-51-53-55-57-59-61-63-65-67-69-71-73-75-81(85)82-79(78-89-90(86,87)88-77-76-83(3,4)5)80(84)74-72-70-68-66-64-62-60-58-56-54-52-50-48-33-31-29-27-25-23-21-19-17-15-13-11-9-7-2/h8,10,14,16,20,22,26,28,32,34,36-37,39-40,42-43,45-46,49,51,55,57,64,66,72,74,79-80,84H,6-7,9,11-13,15,17-19,21,23-25,27,29-31,33,35,38,41,44,47-48,50,52-54,56,58-63,65,67-71,73,75-78H2,1-5H3,(H-,82,85,86,87)/p+1/b10-8-,16-14-,22-20-,28-26-,34-32-,37-36-,40-39-,43-42-,46-45-,51-49-,57-55-,66-64+,74-72+. The van der Waals surface area contributed by atoms with Gasteiger partial charge in [0.05, 0.1) is 39.9 Å². The SMILES string of the molecule is CC/C=C\C/C=C\C/C=C\C/C=C\C/C=C\C/C=C\C/C=C\C/C=C\C/C=C\C/C=C\C/C=C\CCCCCCCCCC(=O)NC(COP(=O)(O)OCC[N+](C)(C)C)C(O)/C=C/CC/C=C/CCCCCCCCCCCCCCCCCCCCCCC. The van der Waals surface area contributed by atoms with E-state index in [4.69, 9.17) is 9.05 Å². The van der Waals surface area contributed by atoms with Crippen LogP contribution in [0.3, 0.4) is 0 Å². The van der Waals surface area contributed by atoms with Gasteiger partial charge in [-0.05, 0) is 116 Å². The average molecular weight is 1270 g/mol. The summed E-state index contributed by atoms with van der Waals surface area (Å²) in [6, 6.07) is -0.883. The molecule has 0 fully saturated rings. The van der Waals surface area contributed by atoms with Crippen molar-refractivity contribution < 1.29 is 32.9 Å². The number of aliphatic hydroxyl groups excluding tert-OH is 1. The Kier molecular flexibility index (Phi) is 66.5. The maximum Gasteiger partial charge on any atom is 0.472 e. The van der Waals surface area contributed by atoms with Crippen molar-refractivity contribution in [1.29, 1.82) is 0 Å². The minimum Gasteiger partial charge on any atom is -0.387 e. The van der Waals surface area contributed by atoms with Crippen LogP contribution in [-0.4, -0.2) is 73.4 Å². The van der Waals surface area contributed by atoms with Gasteiger partial charge < -0.3 is 19.8 Å². The van der Waals surface area contributed by atoms with Crippen molar-refractivity contribution in [2.24, 2.45) is 0 Å². The van der Waals surface area contributed by atoms with Crippen LogP contribution in [0.15, 0.2) is 158 Å². The Hall–Kier alpha value is -3.88. The predicted molar refractivity (Wildman–Crippen MR) is 396 cm³/mol. The van der Waals surface area contributed by atoms with Gasteiger partial charge in [-0.1, -0.05) is 332 Å². The molecule has 0 spiro atoms. The van der Waals surface area contributed by atoms with Gasteiger partial charge >= 0.3 is 7.82 Å². The number of hydrogen-bond donors (Lipinski definition) is 3. The van der Waals surface area contributed by atoms with Crippen LogP contribution in [0, 0.1) is 0 Å². The van der Waals surface area contributed by atoms with Crippen molar-refractivity contribution in [3.05, 3.63) is 158 Å². The largest absolute Gasteiger partial charge is 0.472 e. The van der Waals surface area contributed by atoms with Crippen LogP contribution >= 0.6 is 7.82 Å². The summed E-state index contributed by atoms with van der Waals surface area (Å²) in [5.74, 6) is -0.202. The first-order valence-electron chi connectivity index (χ1n) is 36.9. The lowest BCUT2D eigenvalue weighted by Crippen LogP contribution is -2.45. The van der Waals surface area contributed by atoms with Gasteiger partial charge in [0.25, 0.3) is 0 Å². The summed E-state index contributed by atoms with van der Waals surface area (Å²) < 4.78 is 23.8. The number of amides is 1. The number of nitrogens with zero attached hydrogens (tertiary/aromatic N) is 1. The number of carbonyl (C=O) groups excluding carboxylic acids is 1. The molecule has 90 heavy (non-hydrogen) atoms. The van der Waals surface area contributed by atoms with Gasteiger partial charge in [-0.25, -0.2) is 4.57 Å². The second-order valence-electron chi connectivity index (χ2n) is 25.6. The normalized spacial score (nSPS) is 14.5. The molecule has 3 atom stereocenters. The number of hydrogen-bond acceptors (Lipinski definition) is 5. The first-order chi connectivity index (χ1) is 44.0. The Morgan fingerprint density at radius 3 is 1.02 bits per heavy atom. The second-order valence-corrected chi connectivity index (χ2v) is 27.0. The monoisotopic (exact) mass is 1270 g/mol. The zero-order valence-corrected chi connectivity index (χ0v) is 59.7. The van der Waals surface area contributed by atoms with Crippen molar-refractivity contribution in [2.75, 3.05) is 40.9 Å². The van der Waals surface area contributed by atoms with E-state index in [0.29, 0.717) is 17.4 Å². The zero-order valence-electron chi connectivity index (χ0n) is 58.8. The third-order valence-corrected chi connectivity index (χ3v) is 16.7. The van der Waals surface area contributed by atoms with Crippen LogP contribution in [-0.2, 0) is 18.4 Å². The molecule has 0 aliphatic heterocycles. The van der Waals surface area contributed by atoms with E-state index < -0.39 is 20.0 Å². The summed E-state index contributed by atoms with van der Waals surface area (Å²) in [6.45, 7) is 4.68. The van der Waals surface area contributed by atoms with Crippen molar-refractivity contribution in [2.45, 2.75) is 309 Å². The number of aliphatic hydroxyl groups is 1. The van der Waals surface area contributed by atoms with E-state index in [1.54, 1.807) is 6.08 Å². The number of carbonyl (C=O) groups is 1. The molecule has 0 heterocycles. The van der Waals surface area contributed by atoms with Gasteiger partial charge in [0.15, 0.2) is 0 Å². The molecular formula is C81H140N2O6P+. The second kappa shape index (κ2) is 69.5. The number of rotatable bonds is 66. The quantitative estimate of drug-likeness (QED) is 0.0243. The summed E-state index contributed by atoms with van der Waals surface area (Å²) in [7, 11) is 1.53. The fraction of sp³-hybridized carbons (Fsp3) is 0.667. The predicted octanol–water partition coefficient (Wildman–Crippen LogP) is 24.1. The minimum atomic E-state index is -4.38. The Morgan fingerprint density at radius 1 is 0.389 bits per heavy atom. The van der Waals surface area contributed by atoms with E-state index in [9.17, 15) is 19.4 Å². The summed E-state index contributed by atoms with van der Waals surface area (Å²) in [4.78, 5) is 23.4. The van der Waals surface area contributed by atoms with Crippen molar-refractivity contribution >= 4 is 13.7 Å². The van der Waals surface area contributed by atoms with Crippen LogP contribution in [0.2, 0.25) is 0 Å². The van der Waals surface area contributed by atoms with Crippen molar-refractivity contribution in [3.63, 3.8) is 0 Å². The number of allylic oxidation sites excluding steroid dienone is 25. The van der Waals surface area contributed by atoms with Crippen molar-refractivity contribution in [3.8, 4) is 0 Å². The number of phosphoric acid groups is 1. The lowest BCUT2D eigenvalue weighted by Gasteiger charge is -2.25. The topological polar surface area (TPSA) is 105 Å². The number of phosphoric ester groups is 1. The highest BCUT2D eigenvalue weighted by Gasteiger charge is 2.28. The maximum absolute atomic E-state index is 13.1. The van der Waals surface area contributed by atoms with Gasteiger partial charge in [-0.3, -0.25) is 13.8 Å². The van der Waals surface area contributed by atoms with Crippen molar-refractivity contribution in [1.82, 2.24) is 5.32 Å². The Labute approximate surface area is 556 Å². The highest BCUT2D eigenvalue weighted by molar-refractivity contribution is 7.47. The molecule has 0 aliphatic rings. The maximum atomic E-state index is 13.1. The third kappa shape index (κ3) is 71.6. The van der Waals surface area contributed by atoms with E-state index >= 15 is 0 Å². The van der Waals surface area contributed by atoms with Crippen LogP contribution < -0.4 is 5.32 Å². The van der Waals surface area contributed by atoms with E-state index in [1.807, 2.05) is 27.2 Å². The zero-order chi connectivity index (χ0) is 65.5. The number of nitrogens with one attached hydrogen (secondary N) is 1. The molecule has 0 aliphatic carbocycles. The number of unbranched alkanes of at least 4 members (excludes halogenated alkanes) is 29.